The minimum absolute atomic E-state index is 0.0490. The van der Waals surface area contributed by atoms with E-state index in [9.17, 15) is 19.5 Å². The van der Waals surface area contributed by atoms with E-state index < -0.39 is 17.9 Å². The summed E-state index contributed by atoms with van der Waals surface area (Å²) in [6.45, 7) is 6.17. The number of carbonyl (C=O) groups is 3. The Balaban J connectivity index is 1.82. The second-order valence-corrected chi connectivity index (χ2v) is 9.55. The Hall–Kier alpha value is -4.19. The van der Waals surface area contributed by atoms with E-state index in [1.807, 2.05) is 54.6 Å². The molecule has 0 radical (unpaired) electrons. The molecule has 4 rings (SSSR count). The van der Waals surface area contributed by atoms with Gasteiger partial charge >= 0.3 is 6.09 Å². The molecule has 3 aromatic carbocycles. The van der Waals surface area contributed by atoms with Gasteiger partial charge < -0.3 is 5.11 Å². The number of hydrogen-bond donors (Lipinski definition) is 1. The Morgan fingerprint density at radius 1 is 0.829 bits per heavy atom. The molecule has 0 aliphatic carbocycles. The molecule has 3 aromatic rings. The number of carbonyl (C=O) groups excluding carboxylic acids is 2. The van der Waals surface area contributed by atoms with E-state index in [1.165, 1.54) is 0 Å². The Morgan fingerprint density at radius 2 is 1.40 bits per heavy atom. The normalized spacial score (nSPS) is 14.0. The summed E-state index contributed by atoms with van der Waals surface area (Å²) in [6.07, 6.45) is -1.29. The largest absolute Gasteiger partial charge is 0.465 e. The predicted octanol–water partition coefficient (Wildman–Crippen LogP) is 5.44. The lowest BCUT2D eigenvalue weighted by atomic mass is 9.83. The maximum atomic E-state index is 13.7. The summed E-state index contributed by atoms with van der Waals surface area (Å²) in [6, 6.07) is 25.5. The molecule has 6 heteroatoms. The lowest BCUT2D eigenvalue weighted by molar-refractivity contribution is -0.138. The van der Waals surface area contributed by atoms with Gasteiger partial charge in [-0.25, -0.2) is 4.79 Å². The molecule has 3 amide bonds. The predicted molar refractivity (Wildman–Crippen MR) is 134 cm³/mol. The Labute approximate surface area is 205 Å². The molecule has 0 atom stereocenters. The molecule has 1 aliphatic rings. The first-order valence-corrected chi connectivity index (χ1v) is 11.5. The molecule has 0 aromatic heterocycles. The summed E-state index contributed by atoms with van der Waals surface area (Å²) in [4.78, 5) is 41.9. The van der Waals surface area contributed by atoms with Gasteiger partial charge in [-0.05, 0) is 27.7 Å². The van der Waals surface area contributed by atoms with Crippen molar-refractivity contribution in [3.05, 3.63) is 113 Å². The maximum Gasteiger partial charge on any atom is 0.412 e. The monoisotopic (exact) mass is 468 g/mol. The van der Waals surface area contributed by atoms with E-state index in [4.69, 9.17) is 0 Å². The highest BCUT2D eigenvalue weighted by Gasteiger charge is 2.43. The van der Waals surface area contributed by atoms with Crippen LogP contribution >= 0.6 is 0 Å². The van der Waals surface area contributed by atoms with E-state index in [1.54, 1.807) is 30.3 Å². The summed E-state index contributed by atoms with van der Waals surface area (Å²) in [5, 5.41) is 10.2. The maximum absolute atomic E-state index is 13.7. The fraction of sp³-hybridized carbons (Fsp3) is 0.207. The zero-order valence-corrected chi connectivity index (χ0v) is 20.1. The molecule has 0 fully saturated rings. The van der Waals surface area contributed by atoms with Gasteiger partial charge in [0.1, 0.15) is 5.70 Å². The van der Waals surface area contributed by atoms with Gasteiger partial charge in [0.15, 0.2) is 0 Å². The summed E-state index contributed by atoms with van der Waals surface area (Å²) >= 11 is 0. The van der Waals surface area contributed by atoms with E-state index in [2.05, 4.69) is 20.8 Å². The second-order valence-electron chi connectivity index (χ2n) is 9.55. The highest BCUT2D eigenvalue weighted by atomic mass is 16.4. The number of rotatable bonds is 6. The Bertz CT molecular complexity index is 1290. The summed E-state index contributed by atoms with van der Waals surface area (Å²) in [5.74, 6) is -1.12. The van der Waals surface area contributed by atoms with Gasteiger partial charge in [-0.2, -0.15) is 0 Å². The van der Waals surface area contributed by atoms with Crippen LogP contribution in [-0.4, -0.2) is 32.8 Å². The topological polar surface area (TPSA) is 77.9 Å². The first kappa shape index (κ1) is 24.0. The molecule has 1 aliphatic heterocycles. The van der Waals surface area contributed by atoms with Crippen molar-refractivity contribution in [3.8, 4) is 0 Å². The molecule has 178 valence electrons. The van der Waals surface area contributed by atoms with Crippen molar-refractivity contribution in [1.82, 2.24) is 9.80 Å². The lowest BCUT2D eigenvalue weighted by Crippen LogP contribution is -2.37. The van der Waals surface area contributed by atoms with Gasteiger partial charge in [0.25, 0.3) is 11.8 Å². The van der Waals surface area contributed by atoms with E-state index in [0.29, 0.717) is 5.56 Å². The van der Waals surface area contributed by atoms with E-state index in [-0.39, 0.29) is 29.8 Å². The number of imide groups is 1. The van der Waals surface area contributed by atoms with Crippen LogP contribution in [0.4, 0.5) is 4.79 Å². The van der Waals surface area contributed by atoms with Gasteiger partial charge in [-0.3, -0.25) is 19.4 Å². The molecule has 6 nitrogen and oxygen atoms in total. The van der Waals surface area contributed by atoms with E-state index in [0.717, 1.165) is 26.5 Å². The van der Waals surface area contributed by atoms with E-state index >= 15 is 0 Å². The highest BCUT2D eigenvalue weighted by molar-refractivity contribution is 6.36. The SMILES string of the molecule is CC(C)(C)c1ccccc1CN(C(=O)O)C1=C(c2ccccc2)C(=O)N(Cc2ccccc2)C1=O. The summed E-state index contributed by atoms with van der Waals surface area (Å²) in [5.41, 5.74) is 2.80. The van der Waals surface area contributed by atoms with Crippen LogP contribution in [0.2, 0.25) is 0 Å². The molecular weight excluding hydrogens is 440 g/mol. The highest BCUT2D eigenvalue weighted by Crippen LogP contribution is 2.35. The smallest absolute Gasteiger partial charge is 0.412 e. The molecular formula is C29H28N2O4. The van der Waals surface area contributed by atoms with Gasteiger partial charge in [-0.15, -0.1) is 0 Å². The van der Waals surface area contributed by atoms with Crippen molar-refractivity contribution < 1.29 is 19.5 Å². The summed E-state index contributed by atoms with van der Waals surface area (Å²) in [7, 11) is 0. The van der Waals surface area contributed by atoms with Gasteiger partial charge in [0.2, 0.25) is 0 Å². The molecule has 35 heavy (non-hydrogen) atoms. The van der Waals surface area contributed by atoms with Crippen molar-refractivity contribution in [2.45, 2.75) is 39.3 Å². The molecule has 0 spiro atoms. The molecule has 0 saturated carbocycles. The third-order valence-electron chi connectivity index (χ3n) is 6.04. The fourth-order valence-corrected chi connectivity index (χ4v) is 4.39. The van der Waals surface area contributed by atoms with Crippen molar-refractivity contribution >= 4 is 23.5 Å². The van der Waals surface area contributed by atoms with Gasteiger partial charge in [0, 0.05) is 0 Å². The first-order valence-electron chi connectivity index (χ1n) is 11.5. The number of amides is 3. The van der Waals surface area contributed by atoms with Crippen LogP contribution in [0.25, 0.3) is 5.57 Å². The minimum atomic E-state index is -1.29. The molecule has 0 bridgehead atoms. The first-order chi connectivity index (χ1) is 16.7. The average molecular weight is 469 g/mol. The van der Waals surface area contributed by atoms with Gasteiger partial charge in [0.05, 0.1) is 18.7 Å². The van der Waals surface area contributed by atoms with Crippen LogP contribution in [0.1, 0.15) is 43.0 Å². The van der Waals surface area contributed by atoms with Crippen molar-refractivity contribution in [2.75, 3.05) is 0 Å². The second kappa shape index (κ2) is 9.58. The van der Waals surface area contributed by atoms with Gasteiger partial charge in [-0.1, -0.05) is 106 Å². The third kappa shape index (κ3) is 4.87. The minimum Gasteiger partial charge on any atom is -0.465 e. The zero-order chi connectivity index (χ0) is 25.2. The standard InChI is InChI=1S/C29H28N2O4/c1-29(2,3)23-17-11-10-16-22(23)19-30(28(34)35)25-24(21-14-8-5-9-15-21)26(32)31(27(25)33)18-20-12-6-4-7-13-20/h4-17H,18-19H2,1-3H3,(H,34,35). The average Bonchev–Trinajstić information content (AvgIpc) is 3.07. The molecule has 0 saturated heterocycles. The number of hydrogen-bond acceptors (Lipinski definition) is 3. The Morgan fingerprint density at radius 3 is 2.00 bits per heavy atom. The van der Waals surface area contributed by atoms with Crippen LogP contribution in [0.5, 0.6) is 0 Å². The Kier molecular flexibility index (Phi) is 6.56. The van der Waals surface area contributed by atoms with Crippen LogP contribution < -0.4 is 0 Å². The van der Waals surface area contributed by atoms with Crippen molar-refractivity contribution in [3.63, 3.8) is 0 Å². The lowest BCUT2D eigenvalue weighted by Gasteiger charge is -2.27. The molecule has 1 N–H and O–H groups in total. The number of carboxylic acid groups (broad SMARTS) is 1. The number of nitrogens with zero attached hydrogens (tertiary/aromatic N) is 2. The van der Waals surface area contributed by atoms with Crippen molar-refractivity contribution in [1.29, 1.82) is 0 Å². The van der Waals surface area contributed by atoms with Crippen LogP contribution in [-0.2, 0) is 28.1 Å². The van der Waals surface area contributed by atoms with Crippen LogP contribution in [0.15, 0.2) is 90.6 Å². The van der Waals surface area contributed by atoms with Crippen molar-refractivity contribution in [2.24, 2.45) is 0 Å². The third-order valence-corrected chi connectivity index (χ3v) is 6.04. The van der Waals surface area contributed by atoms with Crippen LogP contribution in [0, 0.1) is 0 Å². The fourth-order valence-electron chi connectivity index (χ4n) is 4.39. The van der Waals surface area contributed by atoms with Crippen LogP contribution in [0.3, 0.4) is 0 Å². The summed E-state index contributed by atoms with van der Waals surface area (Å²) < 4.78 is 0. The zero-order valence-electron chi connectivity index (χ0n) is 20.1. The molecule has 0 unspecified atom stereocenters. The number of benzene rings is 3. The quantitative estimate of drug-likeness (QED) is 0.489. The molecule has 1 heterocycles.